The summed E-state index contributed by atoms with van der Waals surface area (Å²) in [6, 6.07) is 4.45. The van der Waals surface area contributed by atoms with Crippen LogP contribution in [0.2, 0.25) is 10.0 Å². The summed E-state index contributed by atoms with van der Waals surface area (Å²) in [4.78, 5) is 27.7. The number of nitrogens with one attached hydrogen (secondary N) is 1. The Kier molecular flexibility index (Phi) is 7.29. The number of hydrogen-bond acceptors (Lipinski definition) is 5. The van der Waals surface area contributed by atoms with Crippen molar-refractivity contribution >= 4 is 45.0 Å². The molecule has 166 valence electrons. The molecule has 1 unspecified atom stereocenters. The minimum Gasteiger partial charge on any atom is -0.350 e. The van der Waals surface area contributed by atoms with Gasteiger partial charge < -0.3 is 16.0 Å². The molecular weight excluding hydrogens is 451 g/mol. The minimum atomic E-state index is -3.72. The van der Waals surface area contributed by atoms with Gasteiger partial charge in [0.05, 0.1) is 16.3 Å². The zero-order valence-electron chi connectivity index (χ0n) is 16.7. The molecule has 2 fully saturated rings. The molecule has 0 aromatic heterocycles. The number of carbonyl (C=O) groups is 2. The van der Waals surface area contributed by atoms with E-state index in [4.69, 9.17) is 28.9 Å². The predicted molar refractivity (Wildman–Crippen MR) is 116 cm³/mol. The molecule has 3 N–H and O–H groups in total. The van der Waals surface area contributed by atoms with Gasteiger partial charge in [0.1, 0.15) is 0 Å². The standard InChI is InChI=1S/C19H26Cl2N4O4S/c1-30(28,29)25-10-2-9-24(19(27)12-3-8-15(20)16(21)11-12)18(25)17(26)23-14-6-4-13(22)5-7-14/h3,8,11,13-14,18H,2,4-7,9-10,22H2,1H3,(H,23,26). The number of benzene rings is 1. The fraction of sp³-hybridized carbons (Fsp3) is 0.579. The summed E-state index contributed by atoms with van der Waals surface area (Å²) in [6.45, 7) is 0.413. The van der Waals surface area contributed by atoms with Crippen molar-refractivity contribution in [1.29, 1.82) is 0 Å². The summed E-state index contributed by atoms with van der Waals surface area (Å²) in [5, 5.41) is 3.43. The fourth-order valence-corrected chi connectivity index (χ4v) is 5.29. The zero-order valence-corrected chi connectivity index (χ0v) is 19.0. The van der Waals surface area contributed by atoms with E-state index in [9.17, 15) is 18.0 Å². The van der Waals surface area contributed by atoms with Crippen molar-refractivity contribution < 1.29 is 18.0 Å². The van der Waals surface area contributed by atoms with Gasteiger partial charge in [-0.05, 0) is 50.3 Å². The number of hydrogen-bond donors (Lipinski definition) is 2. The molecule has 1 atom stereocenters. The normalized spacial score (nSPS) is 25.7. The maximum atomic E-state index is 13.2. The fourth-order valence-electron chi connectivity index (χ4n) is 3.96. The first kappa shape index (κ1) is 23.3. The summed E-state index contributed by atoms with van der Waals surface area (Å²) in [5.74, 6) is -0.985. The van der Waals surface area contributed by atoms with Crippen molar-refractivity contribution in [3.8, 4) is 0 Å². The van der Waals surface area contributed by atoms with Gasteiger partial charge >= 0.3 is 0 Å². The molecule has 1 saturated carbocycles. The summed E-state index contributed by atoms with van der Waals surface area (Å²) < 4.78 is 25.9. The van der Waals surface area contributed by atoms with Gasteiger partial charge in [-0.25, -0.2) is 8.42 Å². The molecule has 0 radical (unpaired) electrons. The lowest BCUT2D eigenvalue weighted by atomic mass is 9.92. The topological polar surface area (TPSA) is 113 Å². The zero-order chi connectivity index (χ0) is 22.1. The number of carbonyl (C=O) groups excluding carboxylic acids is 2. The van der Waals surface area contributed by atoms with E-state index in [1.165, 1.54) is 23.1 Å². The van der Waals surface area contributed by atoms with Crippen LogP contribution < -0.4 is 11.1 Å². The quantitative estimate of drug-likeness (QED) is 0.687. The van der Waals surface area contributed by atoms with Crippen LogP contribution in [0.1, 0.15) is 42.5 Å². The highest BCUT2D eigenvalue weighted by Crippen LogP contribution is 2.26. The number of amides is 2. The molecule has 2 amide bonds. The molecule has 1 aromatic carbocycles. The van der Waals surface area contributed by atoms with E-state index in [0.717, 1.165) is 36.2 Å². The van der Waals surface area contributed by atoms with Crippen LogP contribution in [0, 0.1) is 0 Å². The average Bonchev–Trinajstić information content (AvgIpc) is 2.70. The number of sulfonamides is 1. The molecule has 2 aliphatic rings. The third-order valence-electron chi connectivity index (χ3n) is 5.55. The first-order valence-electron chi connectivity index (χ1n) is 9.86. The monoisotopic (exact) mass is 476 g/mol. The molecule has 1 aliphatic heterocycles. The Morgan fingerprint density at radius 1 is 1.10 bits per heavy atom. The van der Waals surface area contributed by atoms with Crippen molar-refractivity contribution in [3.63, 3.8) is 0 Å². The lowest BCUT2D eigenvalue weighted by molar-refractivity contribution is -0.131. The lowest BCUT2D eigenvalue weighted by Gasteiger charge is -2.42. The molecule has 1 aromatic rings. The van der Waals surface area contributed by atoms with E-state index in [1.54, 1.807) is 0 Å². The van der Waals surface area contributed by atoms with Crippen LogP contribution in [-0.2, 0) is 14.8 Å². The maximum absolute atomic E-state index is 13.2. The van der Waals surface area contributed by atoms with Gasteiger partial charge in [-0.15, -0.1) is 0 Å². The van der Waals surface area contributed by atoms with Gasteiger partial charge in [-0.2, -0.15) is 4.31 Å². The van der Waals surface area contributed by atoms with Gasteiger partial charge in [0, 0.05) is 30.7 Å². The Balaban J connectivity index is 1.88. The third kappa shape index (κ3) is 5.26. The smallest absolute Gasteiger partial charge is 0.259 e. The highest BCUT2D eigenvalue weighted by Gasteiger charge is 2.43. The molecule has 30 heavy (non-hydrogen) atoms. The SMILES string of the molecule is CS(=O)(=O)N1CCCN(C(=O)c2ccc(Cl)c(Cl)c2)C1C(=O)NC1CCC(N)CC1. The van der Waals surface area contributed by atoms with E-state index in [1.807, 2.05) is 0 Å². The Bertz CT molecular complexity index is 919. The predicted octanol–water partition coefficient (Wildman–Crippen LogP) is 1.81. The molecule has 8 nitrogen and oxygen atoms in total. The molecule has 1 heterocycles. The van der Waals surface area contributed by atoms with Crippen LogP contribution in [0.15, 0.2) is 18.2 Å². The number of nitrogens with zero attached hydrogens (tertiary/aromatic N) is 2. The number of rotatable bonds is 4. The third-order valence-corrected chi connectivity index (χ3v) is 7.52. The first-order valence-corrected chi connectivity index (χ1v) is 12.5. The van der Waals surface area contributed by atoms with E-state index in [-0.39, 0.29) is 35.8 Å². The Morgan fingerprint density at radius 3 is 2.37 bits per heavy atom. The molecule has 3 rings (SSSR count). The lowest BCUT2D eigenvalue weighted by Crippen LogP contribution is -2.64. The van der Waals surface area contributed by atoms with Gasteiger partial charge in [-0.1, -0.05) is 23.2 Å². The minimum absolute atomic E-state index is 0.0948. The Labute approximate surface area is 186 Å². The Morgan fingerprint density at radius 2 is 1.77 bits per heavy atom. The highest BCUT2D eigenvalue weighted by atomic mass is 35.5. The second kappa shape index (κ2) is 9.40. The molecule has 0 spiro atoms. The van der Waals surface area contributed by atoms with E-state index in [2.05, 4.69) is 5.32 Å². The summed E-state index contributed by atoms with van der Waals surface area (Å²) >= 11 is 12.0. The Hall–Kier alpha value is -1.39. The number of halogens is 2. The van der Waals surface area contributed by atoms with Crippen LogP contribution in [-0.4, -0.2) is 67.0 Å². The average molecular weight is 477 g/mol. The van der Waals surface area contributed by atoms with Crippen LogP contribution >= 0.6 is 23.2 Å². The summed E-state index contributed by atoms with van der Waals surface area (Å²) in [7, 11) is -3.72. The molecule has 1 saturated heterocycles. The van der Waals surface area contributed by atoms with Crippen molar-refractivity contribution in [2.45, 2.75) is 50.4 Å². The molecular formula is C19H26Cl2N4O4S. The van der Waals surface area contributed by atoms with Gasteiger partial charge in [0.15, 0.2) is 6.17 Å². The number of nitrogens with two attached hydrogens (primary N) is 1. The maximum Gasteiger partial charge on any atom is 0.259 e. The highest BCUT2D eigenvalue weighted by molar-refractivity contribution is 7.88. The largest absolute Gasteiger partial charge is 0.350 e. The van der Waals surface area contributed by atoms with Crippen LogP contribution in [0.3, 0.4) is 0 Å². The van der Waals surface area contributed by atoms with Gasteiger partial charge in [-0.3, -0.25) is 9.59 Å². The molecule has 0 bridgehead atoms. The second-order valence-electron chi connectivity index (χ2n) is 7.85. The van der Waals surface area contributed by atoms with Crippen LogP contribution in [0.5, 0.6) is 0 Å². The molecule has 1 aliphatic carbocycles. The van der Waals surface area contributed by atoms with Crippen molar-refractivity contribution in [1.82, 2.24) is 14.5 Å². The summed E-state index contributed by atoms with van der Waals surface area (Å²) in [6.07, 6.45) is 3.22. The van der Waals surface area contributed by atoms with Gasteiger partial charge in [0.25, 0.3) is 11.8 Å². The second-order valence-corrected chi connectivity index (χ2v) is 10.6. The van der Waals surface area contributed by atoms with Crippen molar-refractivity contribution in [2.24, 2.45) is 5.73 Å². The van der Waals surface area contributed by atoms with Gasteiger partial charge in [0.2, 0.25) is 10.0 Å². The van der Waals surface area contributed by atoms with E-state index in [0.29, 0.717) is 11.4 Å². The summed E-state index contributed by atoms with van der Waals surface area (Å²) in [5.41, 5.74) is 6.16. The van der Waals surface area contributed by atoms with E-state index < -0.39 is 28.0 Å². The van der Waals surface area contributed by atoms with Crippen LogP contribution in [0.25, 0.3) is 0 Å². The van der Waals surface area contributed by atoms with Crippen molar-refractivity contribution in [2.75, 3.05) is 19.3 Å². The molecule has 11 heteroatoms. The van der Waals surface area contributed by atoms with Crippen LogP contribution in [0.4, 0.5) is 0 Å². The van der Waals surface area contributed by atoms with E-state index >= 15 is 0 Å². The first-order chi connectivity index (χ1) is 14.1. The van der Waals surface area contributed by atoms with Crippen molar-refractivity contribution in [3.05, 3.63) is 33.8 Å².